The van der Waals surface area contributed by atoms with E-state index in [2.05, 4.69) is 4.99 Å². The van der Waals surface area contributed by atoms with Crippen LogP contribution >= 0.6 is 0 Å². The first-order valence-electron chi connectivity index (χ1n) is 2.72. The van der Waals surface area contributed by atoms with E-state index >= 15 is 0 Å². The molecule has 0 fully saturated rings. The Bertz CT molecular complexity index is 103. The Morgan fingerprint density at radius 3 is 2.25 bits per heavy atom. The van der Waals surface area contributed by atoms with Crippen molar-refractivity contribution in [2.45, 2.75) is 20.8 Å². The van der Waals surface area contributed by atoms with Crippen LogP contribution in [0.3, 0.4) is 0 Å². The highest BCUT2D eigenvalue weighted by Crippen LogP contribution is 1.84. The topological polar surface area (TPSA) is 36.2 Å². The van der Waals surface area contributed by atoms with Crippen molar-refractivity contribution in [2.75, 3.05) is 0 Å². The van der Waals surface area contributed by atoms with E-state index in [1.54, 1.807) is 13.1 Å². The fourth-order valence-corrected chi connectivity index (χ4v) is 0.261. The standard InChI is InChI=1S/C6H12N2/c1-5(2)4-8-6(3)7/h4-5,7H,1-3H3. The summed E-state index contributed by atoms with van der Waals surface area (Å²) in [5, 5.41) is 6.89. The second-order valence-corrected chi connectivity index (χ2v) is 2.11. The normalized spacial score (nSPS) is 11.0. The molecule has 0 heterocycles. The largest absolute Gasteiger partial charge is 0.287 e. The Hall–Kier alpha value is -0.660. The molecule has 0 spiro atoms. The predicted octanol–water partition coefficient (Wildman–Crippen LogP) is 1.71. The van der Waals surface area contributed by atoms with Gasteiger partial charge in [-0.05, 0) is 12.8 Å². The van der Waals surface area contributed by atoms with E-state index < -0.39 is 0 Å². The highest BCUT2D eigenvalue weighted by atomic mass is 14.8. The van der Waals surface area contributed by atoms with Crippen LogP contribution in [-0.2, 0) is 0 Å². The fraction of sp³-hybridized carbons (Fsp3) is 0.667. The van der Waals surface area contributed by atoms with Crippen molar-refractivity contribution in [1.29, 1.82) is 5.41 Å². The SMILES string of the molecule is CC(=N)N=CC(C)C. The van der Waals surface area contributed by atoms with Crippen LogP contribution in [0, 0.1) is 11.3 Å². The summed E-state index contributed by atoms with van der Waals surface area (Å²) in [5.74, 6) is 0.828. The first kappa shape index (κ1) is 7.34. The molecule has 0 aromatic rings. The van der Waals surface area contributed by atoms with Crippen molar-refractivity contribution < 1.29 is 0 Å². The second-order valence-electron chi connectivity index (χ2n) is 2.11. The first-order chi connectivity index (χ1) is 3.63. The van der Waals surface area contributed by atoms with Gasteiger partial charge in [0.1, 0.15) is 5.84 Å². The summed E-state index contributed by atoms with van der Waals surface area (Å²) in [7, 11) is 0. The van der Waals surface area contributed by atoms with Crippen molar-refractivity contribution in [1.82, 2.24) is 0 Å². The quantitative estimate of drug-likeness (QED) is 0.396. The molecule has 0 bridgehead atoms. The van der Waals surface area contributed by atoms with Gasteiger partial charge in [0, 0.05) is 6.21 Å². The maximum atomic E-state index is 6.89. The van der Waals surface area contributed by atoms with Crippen LogP contribution in [0.4, 0.5) is 0 Å². The highest BCUT2D eigenvalue weighted by Gasteiger charge is 1.82. The predicted molar refractivity (Wildman–Crippen MR) is 36.7 cm³/mol. The molecule has 2 heteroatoms. The Labute approximate surface area is 50.1 Å². The molecule has 46 valence electrons. The molecule has 8 heavy (non-hydrogen) atoms. The molecule has 0 unspecified atom stereocenters. The Balaban J connectivity index is 3.50. The number of hydrogen-bond donors (Lipinski definition) is 1. The zero-order valence-corrected chi connectivity index (χ0v) is 5.60. The maximum Gasteiger partial charge on any atom is 0.116 e. The number of hydrogen-bond acceptors (Lipinski definition) is 1. The van der Waals surface area contributed by atoms with Crippen LogP contribution in [-0.4, -0.2) is 12.1 Å². The van der Waals surface area contributed by atoms with E-state index in [1.165, 1.54) is 0 Å². The van der Waals surface area contributed by atoms with Gasteiger partial charge in [0.25, 0.3) is 0 Å². The summed E-state index contributed by atoms with van der Waals surface area (Å²) in [6.07, 6.45) is 1.77. The maximum absolute atomic E-state index is 6.89. The molecule has 0 saturated heterocycles. The van der Waals surface area contributed by atoms with Crippen LogP contribution in [0.25, 0.3) is 0 Å². The van der Waals surface area contributed by atoms with Gasteiger partial charge in [-0.15, -0.1) is 0 Å². The minimum Gasteiger partial charge on any atom is -0.287 e. The van der Waals surface area contributed by atoms with Gasteiger partial charge in [-0.1, -0.05) is 13.8 Å². The Morgan fingerprint density at radius 2 is 2.12 bits per heavy atom. The lowest BCUT2D eigenvalue weighted by molar-refractivity contribution is 0.908. The van der Waals surface area contributed by atoms with Crippen LogP contribution in [0.15, 0.2) is 4.99 Å². The minimum absolute atomic E-state index is 0.374. The molecule has 2 nitrogen and oxygen atoms in total. The molecule has 0 saturated carbocycles. The van der Waals surface area contributed by atoms with E-state index in [9.17, 15) is 0 Å². The van der Waals surface area contributed by atoms with Crippen molar-refractivity contribution >= 4 is 12.1 Å². The van der Waals surface area contributed by atoms with Crippen LogP contribution in [0.5, 0.6) is 0 Å². The molecular formula is C6H12N2. The van der Waals surface area contributed by atoms with Gasteiger partial charge in [0.15, 0.2) is 0 Å². The van der Waals surface area contributed by atoms with E-state index in [0.29, 0.717) is 11.8 Å². The van der Waals surface area contributed by atoms with Gasteiger partial charge in [0.2, 0.25) is 0 Å². The number of amidine groups is 1. The van der Waals surface area contributed by atoms with Gasteiger partial charge in [0.05, 0.1) is 0 Å². The lowest BCUT2D eigenvalue weighted by atomic mass is 10.2. The number of nitrogens with zero attached hydrogens (tertiary/aromatic N) is 1. The molecule has 0 amide bonds. The molecule has 0 aromatic heterocycles. The molecule has 0 aromatic carbocycles. The molecule has 0 rings (SSSR count). The van der Waals surface area contributed by atoms with Crippen molar-refractivity contribution in [3.63, 3.8) is 0 Å². The van der Waals surface area contributed by atoms with Gasteiger partial charge in [-0.3, -0.25) is 5.41 Å². The minimum atomic E-state index is 0.374. The molecule has 0 radical (unpaired) electrons. The Kier molecular flexibility index (Phi) is 3.08. The van der Waals surface area contributed by atoms with E-state index in [1.807, 2.05) is 13.8 Å². The Morgan fingerprint density at radius 1 is 1.62 bits per heavy atom. The average molecular weight is 112 g/mol. The third-order valence-electron chi connectivity index (χ3n) is 0.566. The fourth-order valence-electron chi connectivity index (χ4n) is 0.261. The van der Waals surface area contributed by atoms with Gasteiger partial charge in [-0.2, -0.15) is 0 Å². The van der Waals surface area contributed by atoms with Gasteiger partial charge < -0.3 is 0 Å². The number of nitrogens with one attached hydrogen (secondary N) is 1. The van der Waals surface area contributed by atoms with E-state index in [0.717, 1.165) is 0 Å². The van der Waals surface area contributed by atoms with Gasteiger partial charge >= 0.3 is 0 Å². The van der Waals surface area contributed by atoms with Crippen LogP contribution in [0.1, 0.15) is 20.8 Å². The molecule has 0 aliphatic rings. The zero-order chi connectivity index (χ0) is 6.57. The first-order valence-corrected chi connectivity index (χ1v) is 2.72. The summed E-state index contributed by atoms with van der Waals surface area (Å²) in [5.41, 5.74) is 0. The second kappa shape index (κ2) is 3.36. The molecule has 0 atom stereocenters. The van der Waals surface area contributed by atoms with Crippen molar-refractivity contribution in [3.8, 4) is 0 Å². The molecule has 0 aliphatic heterocycles. The summed E-state index contributed by atoms with van der Waals surface area (Å²) in [6.45, 7) is 5.73. The number of aliphatic imine (C=N–C) groups is 1. The summed E-state index contributed by atoms with van der Waals surface area (Å²) < 4.78 is 0. The lowest BCUT2D eigenvalue weighted by Crippen LogP contribution is -1.90. The summed E-state index contributed by atoms with van der Waals surface area (Å²) in [4.78, 5) is 3.78. The van der Waals surface area contributed by atoms with E-state index in [4.69, 9.17) is 5.41 Å². The van der Waals surface area contributed by atoms with Crippen molar-refractivity contribution in [3.05, 3.63) is 0 Å². The van der Waals surface area contributed by atoms with Gasteiger partial charge in [-0.25, -0.2) is 4.99 Å². The smallest absolute Gasteiger partial charge is 0.116 e. The van der Waals surface area contributed by atoms with Crippen LogP contribution in [0.2, 0.25) is 0 Å². The highest BCUT2D eigenvalue weighted by molar-refractivity contribution is 5.85. The monoisotopic (exact) mass is 112 g/mol. The van der Waals surface area contributed by atoms with Crippen LogP contribution < -0.4 is 0 Å². The molecular weight excluding hydrogens is 100 g/mol. The lowest BCUT2D eigenvalue weighted by Gasteiger charge is -1.89. The molecule has 0 aliphatic carbocycles. The van der Waals surface area contributed by atoms with Crippen molar-refractivity contribution in [2.24, 2.45) is 10.9 Å². The molecule has 1 N–H and O–H groups in total. The third-order valence-corrected chi connectivity index (χ3v) is 0.566. The number of rotatable bonds is 1. The average Bonchev–Trinajstić information content (AvgIpc) is 1.61. The van der Waals surface area contributed by atoms with E-state index in [-0.39, 0.29) is 0 Å². The summed E-state index contributed by atoms with van der Waals surface area (Å²) in [6, 6.07) is 0. The summed E-state index contributed by atoms with van der Waals surface area (Å²) >= 11 is 0. The third kappa shape index (κ3) is 5.34. The zero-order valence-electron chi connectivity index (χ0n) is 5.60.